The van der Waals surface area contributed by atoms with Crippen LogP contribution in [0.1, 0.15) is 61.4 Å². The highest BCUT2D eigenvalue weighted by molar-refractivity contribution is 5.89. The van der Waals surface area contributed by atoms with Crippen LogP contribution in [-0.4, -0.2) is 61.2 Å². The molecule has 0 radical (unpaired) electrons. The predicted molar refractivity (Wildman–Crippen MR) is 141 cm³/mol. The number of benzene rings is 1. The van der Waals surface area contributed by atoms with Gasteiger partial charge in [-0.3, -0.25) is 4.99 Å². The zero-order valence-corrected chi connectivity index (χ0v) is 21.2. The van der Waals surface area contributed by atoms with Crippen LogP contribution in [0, 0.1) is 0 Å². The minimum Gasteiger partial charge on any atom is -0.395 e. The molecule has 1 aromatic heterocycles. The van der Waals surface area contributed by atoms with Gasteiger partial charge in [-0.05, 0) is 43.5 Å². The van der Waals surface area contributed by atoms with E-state index in [1.54, 1.807) is 19.2 Å². The van der Waals surface area contributed by atoms with Crippen LogP contribution in [0.4, 0.5) is 26.2 Å². The third-order valence-corrected chi connectivity index (χ3v) is 5.55. The van der Waals surface area contributed by atoms with Gasteiger partial charge in [0, 0.05) is 44.6 Å². The van der Waals surface area contributed by atoms with Crippen LogP contribution in [0.2, 0.25) is 0 Å². The first kappa shape index (κ1) is 29.3. The highest BCUT2D eigenvalue weighted by Crippen LogP contribution is 2.26. The number of aliphatic hydroxyl groups is 1. The average Bonchev–Trinajstić information content (AvgIpc) is 3.45. The number of aliphatic imine (C=N–C) groups is 1. The SMILES string of the molecule is C1CCOC1.CCCCN(CCO)c1nc(N)nc(C=NCc2ccc(CNC)cc2C(F)F)c1N. The lowest BCUT2D eigenvalue weighted by atomic mass is 10.0. The van der Waals surface area contributed by atoms with Gasteiger partial charge in [0.1, 0.15) is 11.4 Å². The molecule has 0 amide bonds. The number of unbranched alkanes of at least 4 members (excludes halogenated alkanes) is 1. The van der Waals surface area contributed by atoms with Crippen molar-refractivity contribution in [3.05, 3.63) is 40.6 Å². The number of anilines is 3. The number of nitrogens with two attached hydrogens (primary N) is 2. The second-order valence-corrected chi connectivity index (χ2v) is 8.42. The number of hydrogen-bond acceptors (Lipinski definition) is 9. The van der Waals surface area contributed by atoms with E-state index in [1.807, 2.05) is 4.90 Å². The third kappa shape index (κ3) is 9.29. The average molecular weight is 508 g/mol. The Labute approximate surface area is 212 Å². The smallest absolute Gasteiger partial charge is 0.264 e. The minimum atomic E-state index is -2.60. The molecule has 1 fully saturated rings. The number of aromatic nitrogens is 2. The molecule has 2 heterocycles. The fourth-order valence-electron chi connectivity index (χ4n) is 3.67. The van der Waals surface area contributed by atoms with Gasteiger partial charge in [-0.25, -0.2) is 13.8 Å². The maximum Gasteiger partial charge on any atom is 0.264 e. The van der Waals surface area contributed by atoms with Crippen molar-refractivity contribution in [3.8, 4) is 0 Å². The molecule has 2 aromatic rings. The summed E-state index contributed by atoms with van der Waals surface area (Å²) in [6, 6.07) is 4.94. The molecule has 36 heavy (non-hydrogen) atoms. The zero-order valence-electron chi connectivity index (χ0n) is 21.2. The van der Waals surface area contributed by atoms with E-state index in [4.69, 9.17) is 16.2 Å². The maximum absolute atomic E-state index is 13.5. The lowest BCUT2D eigenvalue weighted by Gasteiger charge is -2.24. The van der Waals surface area contributed by atoms with E-state index < -0.39 is 6.43 Å². The zero-order chi connectivity index (χ0) is 26.3. The number of halogens is 2. The number of alkyl halides is 2. The van der Waals surface area contributed by atoms with Gasteiger partial charge in [0.15, 0.2) is 5.82 Å². The van der Waals surface area contributed by atoms with Crippen LogP contribution in [0.15, 0.2) is 23.2 Å². The highest BCUT2D eigenvalue weighted by Gasteiger charge is 2.16. The van der Waals surface area contributed by atoms with Crippen molar-refractivity contribution < 1.29 is 18.6 Å². The Kier molecular flexibility index (Phi) is 13.0. The number of nitrogens with zero attached hydrogens (tertiary/aromatic N) is 4. The fraction of sp³-hybridized carbons (Fsp3) is 0.560. The van der Waals surface area contributed by atoms with Crippen LogP contribution >= 0.6 is 0 Å². The Morgan fingerprint density at radius 1 is 1.22 bits per heavy atom. The molecular formula is C25H39F2N7O2. The second-order valence-electron chi connectivity index (χ2n) is 8.42. The number of ether oxygens (including phenoxy) is 1. The Morgan fingerprint density at radius 3 is 2.56 bits per heavy atom. The number of hydrogen-bond donors (Lipinski definition) is 4. The molecule has 0 unspecified atom stereocenters. The molecule has 0 atom stereocenters. The number of rotatable bonds is 12. The van der Waals surface area contributed by atoms with Gasteiger partial charge in [-0.1, -0.05) is 25.5 Å². The topological polar surface area (TPSA) is 135 Å². The summed E-state index contributed by atoms with van der Waals surface area (Å²) < 4.78 is 31.9. The molecule has 11 heteroatoms. The minimum absolute atomic E-state index is 0.0229. The van der Waals surface area contributed by atoms with Gasteiger partial charge >= 0.3 is 0 Å². The monoisotopic (exact) mass is 507 g/mol. The first-order valence-electron chi connectivity index (χ1n) is 12.3. The first-order valence-corrected chi connectivity index (χ1v) is 12.3. The van der Waals surface area contributed by atoms with Gasteiger partial charge in [0.05, 0.1) is 13.2 Å². The molecule has 1 saturated heterocycles. The van der Waals surface area contributed by atoms with Crippen molar-refractivity contribution >= 4 is 23.7 Å². The van der Waals surface area contributed by atoms with Gasteiger partial charge < -0.3 is 31.5 Å². The molecule has 6 N–H and O–H groups in total. The molecule has 1 aromatic carbocycles. The summed E-state index contributed by atoms with van der Waals surface area (Å²) in [7, 11) is 1.76. The van der Waals surface area contributed by atoms with Crippen LogP contribution in [0.5, 0.6) is 0 Å². The summed E-state index contributed by atoms with van der Waals surface area (Å²) in [5, 5.41) is 12.3. The van der Waals surface area contributed by atoms with E-state index in [-0.39, 0.29) is 30.4 Å². The number of nitrogens with one attached hydrogen (secondary N) is 1. The Morgan fingerprint density at radius 2 is 1.97 bits per heavy atom. The molecule has 200 valence electrons. The van der Waals surface area contributed by atoms with Crippen LogP contribution in [0.25, 0.3) is 0 Å². The first-order chi connectivity index (χ1) is 17.4. The lowest BCUT2D eigenvalue weighted by Crippen LogP contribution is -2.30. The standard InChI is InChI=1S/C21H31F2N7O.C4H8O/c1-3-4-7-30(8-9-31)20-18(24)17(28-21(25)29-20)13-27-12-15-6-5-14(11-26-2)10-16(15)19(22)23;1-2-4-5-3-1/h5-6,10,13,19,26,31H,3-4,7-9,11-12,24H2,1-2H3,(H2,25,28,29);1-4H2. The summed E-state index contributed by atoms with van der Waals surface area (Å²) in [6.45, 7) is 5.57. The van der Waals surface area contributed by atoms with E-state index in [0.717, 1.165) is 31.6 Å². The molecular weight excluding hydrogens is 468 g/mol. The third-order valence-electron chi connectivity index (χ3n) is 5.55. The molecule has 1 aliphatic heterocycles. The molecule has 1 aliphatic rings. The maximum atomic E-state index is 13.5. The molecule has 0 saturated carbocycles. The predicted octanol–water partition coefficient (Wildman–Crippen LogP) is 3.31. The fourth-order valence-corrected chi connectivity index (χ4v) is 3.67. The molecule has 0 aliphatic carbocycles. The van der Waals surface area contributed by atoms with Crippen molar-refractivity contribution in [2.45, 2.75) is 52.1 Å². The van der Waals surface area contributed by atoms with E-state index >= 15 is 0 Å². The van der Waals surface area contributed by atoms with E-state index in [2.05, 4.69) is 27.2 Å². The van der Waals surface area contributed by atoms with Gasteiger partial charge in [-0.2, -0.15) is 4.98 Å². The summed E-state index contributed by atoms with van der Waals surface area (Å²) >= 11 is 0. The van der Waals surface area contributed by atoms with Crippen molar-refractivity contribution in [3.63, 3.8) is 0 Å². The van der Waals surface area contributed by atoms with Crippen LogP contribution in [0.3, 0.4) is 0 Å². The van der Waals surface area contributed by atoms with E-state index in [1.165, 1.54) is 25.1 Å². The molecule has 0 spiro atoms. The summed E-state index contributed by atoms with van der Waals surface area (Å²) in [4.78, 5) is 14.5. The molecule has 0 bridgehead atoms. The lowest BCUT2D eigenvalue weighted by molar-refractivity contribution is 0.150. The van der Waals surface area contributed by atoms with Crippen LogP contribution in [-0.2, 0) is 17.8 Å². The van der Waals surface area contributed by atoms with E-state index in [9.17, 15) is 13.9 Å². The molecule has 9 nitrogen and oxygen atoms in total. The van der Waals surface area contributed by atoms with Gasteiger partial charge in [0.25, 0.3) is 6.43 Å². The normalized spacial score (nSPS) is 13.3. The van der Waals surface area contributed by atoms with Gasteiger partial charge in [0.2, 0.25) is 5.95 Å². The van der Waals surface area contributed by atoms with Crippen LogP contribution < -0.4 is 21.7 Å². The highest BCUT2D eigenvalue weighted by atomic mass is 19.3. The van der Waals surface area contributed by atoms with Crippen molar-refractivity contribution in [1.29, 1.82) is 0 Å². The van der Waals surface area contributed by atoms with Crippen molar-refractivity contribution in [2.75, 3.05) is 56.3 Å². The van der Waals surface area contributed by atoms with Gasteiger partial charge in [-0.15, -0.1) is 0 Å². The number of aliphatic hydroxyl groups excluding tert-OH is 1. The van der Waals surface area contributed by atoms with Crippen molar-refractivity contribution in [1.82, 2.24) is 15.3 Å². The summed E-state index contributed by atoms with van der Waals surface area (Å²) in [5.41, 5.74) is 13.8. The largest absolute Gasteiger partial charge is 0.395 e. The molecule has 3 rings (SSSR count). The summed E-state index contributed by atoms with van der Waals surface area (Å²) in [6.07, 6.45) is 3.24. The second kappa shape index (κ2) is 16.0. The Balaban J connectivity index is 0.000000809. The number of nitrogen functional groups attached to an aromatic ring is 2. The Hall–Kier alpha value is -2.89. The Bertz CT molecular complexity index is 949. The van der Waals surface area contributed by atoms with Crippen molar-refractivity contribution in [2.24, 2.45) is 4.99 Å². The quantitative estimate of drug-likeness (QED) is 0.322. The van der Waals surface area contributed by atoms with E-state index in [0.29, 0.717) is 36.7 Å². The summed E-state index contributed by atoms with van der Waals surface area (Å²) in [5.74, 6) is 0.455.